The molecule has 0 amide bonds. The zero-order valence-corrected chi connectivity index (χ0v) is 7.74. The van der Waals surface area contributed by atoms with Gasteiger partial charge in [-0.2, -0.15) is 5.10 Å². The van der Waals surface area contributed by atoms with E-state index in [9.17, 15) is 0 Å². The van der Waals surface area contributed by atoms with Crippen LogP contribution in [-0.2, 0) is 6.54 Å². The number of hydrogen-bond acceptors (Lipinski definition) is 2. The van der Waals surface area contributed by atoms with E-state index in [4.69, 9.17) is 4.74 Å². The van der Waals surface area contributed by atoms with Crippen LogP contribution in [0.5, 0.6) is 5.75 Å². The lowest BCUT2D eigenvalue weighted by Gasteiger charge is -1.94. The van der Waals surface area contributed by atoms with Crippen LogP contribution in [-0.4, -0.2) is 16.9 Å². The van der Waals surface area contributed by atoms with Gasteiger partial charge in [0.15, 0.2) is 5.75 Å². The van der Waals surface area contributed by atoms with Crippen LogP contribution in [0.3, 0.4) is 0 Å². The molecule has 0 aliphatic rings. The van der Waals surface area contributed by atoms with Crippen LogP contribution < -0.4 is 4.74 Å². The predicted octanol–water partition coefficient (Wildman–Crippen LogP) is 1.86. The molecule has 0 aliphatic carbocycles. The fourth-order valence-corrected chi connectivity index (χ4v) is 0.826. The maximum absolute atomic E-state index is 5.00. The van der Waals surface area contributed by atoms with Crippen molar-refractivity contribution in [3.63, 3.8) is 0 Å². The molecule has 0 atom stereocenters. The van der Waals surface area contributed by atoms with E-state index < -0.39 is 0 Å². The lowest BCUT2D eigenvalue weighted by Crippen LogP contribution is -1.94. The van der Waals surface area contributed by atoms with Gasteiger partial charge in [0, 0.05) is 0 Å². The Labute approximate surface area is 72.7 Å². The number of rotatable bonds is 3. The topological polar surface area (TPSA) is 27.1 Å². The molecule has 0 saturated heterocycles. The first kappa shape index (κ1) is 8.84. The molecule has 0 saturated carbocycles. The fraction of sp³-hybridized carbons (Fsp3) is 0.444. The molecule has 3 heteroatoms. The third-order valence-corrected chi connectivity index (χ3v) is 1.53. The Morgan fingerprint density at radius 1 is 1.67 bits per heavy atom. The van der Waals surface area contributed by atoms with Crippen LogP contribution in [0.25, 0.3) is 0 Å². The molecular weight excluding hydrogens is 152 g/mol. The van der Waals surface area contributed by atoms with Gasteiger partial charge in [-0.25, -0.2) is 0 Å². The number of nitrogens with zero attached hydrogens (tertiary/aromatic N) is 2. The molecule has 1 aromatic heterocycles. The second-order valence-electron chi connectivity index (χ2n) is 2.88. The Bertz CT molecular complexity index is 272. The van der Waals surface area contributed by atoms with E-state index in [1.807, 2.05) is 10.9 Å². The van der Waals surface area contributed by atoms with Gasteiger partial charge < -0.3 is 4.74 Å². The predicted molar refractivity (Wildman–Crippen MR) is 48.2 cm³/mol. The van der Waals surface area contributed by atoms with Crippen molar-refractivity contribution < 1.29 is 4.74 Å². The monoisotopic (exact) mass is 166 g/mol. The Morgan fingerprint density at radius 2 is 2.42 bits per heavy atom. The van der Waals surface area contributed by atoms with Crippen LogP contribution >= 0.6 is 0 Å². The lowest BCUT2D eigenvalue weighted by molar-refractivity contribution is 0.414. The van der Waals surface area contributed by atoms with E-state index >= 15 is 0 Å². The van der Waals surface area contributed by atoms with Gasteiger partial charge in [-0.05, 0) is 13.8 Å². The van der Waals surface area contributed by atoms with Gasteiger partial charge >= 0.3 is 0 Å². The molecule has 12 heavy (non-hydrogen) atoms. The number of aromatic nitrogens is 2. The van der Waals surface area contributed by atoms with Crippen LogP contribution in [0.1, 0.15) is 13.8 Å². The van der Waals surface area contributed by atoms with Crippen molar-refractivity contribution in [2.75, 3.05) is 7.11 Å². The molecule has 0 fully saturated rings. The molecule has 0 bridgehead atoms. The summed E-state index contributed by atoms with van der Waals surface area (Å²) in [5.74, 6) is 0.803. The van der Waals surface area contributed by atoms with Gasteiger partial charge in [-0.3, -0.25) is 4.68 Å². The fourth-order valence-electron chi connectivity index (χ4n) is 0.826. The second kappa shape index (κ2) is 3.95. The highest BCUT2D eigenvalue weighted by Gasteiger charge is 1.94. The number of methoxy groups -OCH3 is 1. The highest BCUT2D eigenvalue weighted by molar-refractivity contribution is 5.11. The Balaban J connectivity index is 2.58. The Morgan fingerprint density at radius 3 is 2.92 bits per heavy atom. The van der Waals surface area contributed by atoms with Crippen LogP contribution in [0.2, 0.25) is 0 Å². The average molecular weight is 166 g/mol. The van der Waals surface area contributed by atoms with Crippen LogP contribution in [0.15, 0.2) is 24.0 Å². The highest BCUT2D eigenvalue weighted by Crippen LogP contribution is 2.06. The smallest absolute Gasteiger partial charge is 0.156 e. The van der Waals surface area contributed by atoms with E-state index in [0.717, 1.165) is 12.3 Å². The van der Waals surface area contributed by atoms with Crippen molar-refractivity contribution in [3.05, 3.63) is 24.0 Å². The van der Waals surface area contributed by atoms with Crippen molar-refractivity contribution >= 4 is 0 Å². The van der Waals surface area contributed by atoms with Crippen molar-refractivity contribution in [2.24, 2.45) is 0 Å². The molecule has 0 N–H and O–H groups in total. The Hall–Kier alpha value is -1.25. The quantitative estimate of drug-likeness (QED) is 0.641. The normalized spacial score (nSPS) is 9.58. The van der Waals surface area contributed by atoms with Crippen LogP contribution in [0.4, 0.5) is 0 Å². The number of allylic oxidation sites excluding steroid dienone is 2. The first-order valence-electron chi connectivity index (χ1n) is 3.92. The van der Waals surface area contributed by atoms with Crippen molar-refractivity contribution in [1.82, 2.24) is 9.78 Å². The molecule has 0 spiro atoms. The van der Waals surface area contributed by atoms with E-state index in [2.05, 4.69) is 25.0 Å². The summed E-state index contributed by atoms with van der Waals surface area (Å²) in [5, 5.41) is 4.11. The molecule has 1 heterocycles. The van der Waals surface area contributed by atoms with Gasteiger partial charge in [-0.15, -0.1) is 0 Å². The second-order valence-corrected chi connectivity index (χ2v) is 2.88. The first-order valence-corrected chi connectivity index (χ1v) is 3.92. The largest absolute Gasteiger partial charge is 0.493 e. The van der Waals surface area contributed by atoms with Gasteiger partial charge in [0.05, 0.1) is 26.0 Å². The van der Waals surface area contributed by atoms with E-state index in [1.54, 1.807) is 13.3 Å². The number of ether oxygens (including phenoxy) is 1. The minimum Gasteiger partial charge on any atom is -0.493 e. The third-order valence-electron chi connectivity index (χ3n) is 1.53. The zero-order valence-electron chi connectivity index (χ0n) is 7.74. The molecule has 1 aromatic rings. The standard InChI is InChI=1S/C9H14N2O/c1-8(2)4-5-11-7-9(12-3)6-10-11/h4,6-7H,5H2,1-3H3. The molecule has 66 valence electrons. The number of hydrogen-bond donors (Lipinski definition) is 0. The maximum atomic E-state index is 5.00. The zero-order chi connectivity index (χ0) is 8.97. The summed E-state index contributed by atoms with van der Waals surface area (Å²) in [6.45, 7) is 4.95. The minimum absolute atomic E-state index is 0.803. The molecule has 3 nitrogen and oxygen atoms in total. The SMILES string of the molecule is COc1cnn(CC=C(C)C)c1. The summed E-state index contributed by atoms with van der Waals surface area (Å²) in [6, 6.07) is 0. The maximum Gasteiger partial charge on any atom is 0.156 e. The van der Waals surface area contributed by atoms with E-state index in [1.165, 1.54) is 5.57 Å². The third kappa shape index (κ3) is 2.42. The summed E-state index contributed by atoms with van der Waals surface area (Å²) >= 11 is 0. The van der Waals surface area contributed by atoms with Crippen molar-refractivity contribution in [1.29, 1.82) is 0 Å². The molecule has 0 aliphatic heterocycles. The van der Waals surface area contributed by atoms with Gasteiger partial charge in [0.2, 0.25) is 0 Å². The summed E-state index contributed by atoms with van der Waals surface area (Å²) in [4.78, 5) is 0. The highest BCUT2D eigenvalue weighted by atomic mass is 16.5. The van der Waals surface area contributed by atoms with Crippen LogP contribution in [0, 0.1) is 0 Å². The summed E-state index contributed by atoms with van der Waals surface area (Å²) in [7, 11) is 1.64. The van der Waals surface area contributed by atoms with Crippen molar-refractivity contribution in [3.8, 4) is 5.75 Å². The van der Waals surface area contributed by atoms with Gasteiger partial charge in [-0.1, -0.05) is 11.6 Å². The van der Waals surface area contributed by atoms with E-state index in [-0.39, 0.29) is 0 Å². The molecule has 0 radical (unpaired) electrons. The average Bonchev–Trinajstić information content (AvgIpc) is 2.48. The van der Waals surface area contributed by atoms with Gasteiger partial charge in [0.25, 0.3) is 0 Å². The Kier molecular flexibility index (Phi) is 2.91. The summed E-state index contributed by atoms with van der Waals surface area (Å²) in [6.07, 6.45) is 5.70. The summed E-state index contributed by atoms with van der Waals surface area (Å²) in [5.41, 5.74) is 1.30. The summed E-state index contributed by atoms with van der Waals surface area (Å²) < 4.78 is 6.84. The minimum atomic E-state index is 0.803. The molecular formula is C9H14N2O. The van der Waals surface area contributed by atoms with Crippen molar-refractivity contribution in [2.45, 2.75) is 20.4 Å². The lowest BCUT2D eigenvalue weighted by atomic mass is 10.3. The molecule has 1 rings (SSSR count). The molecule has 0 aromatic carbocycles. The van der Waals surface area contributed by atoms with E-state index in [0.29, 0.717) is 0 Å². The van der Waals surface area contributed by atoms with Gasteiger partial charge in [0.1, 0.15) is 0 Å². The first-order chi connectivity index (χ1) is 5.72. The molecule has 0 unspecified atom stereocenters.